The highest BCUT2D eigenvalue weighted by atomic mass is 16.6. The van der Waals surface area contributed by atoms with E-state index in [1.165, 1.54) is 0 Å². The number of para-hydroxylation sites is 2. The predicted molar refractivity (Wildman–Crippen MR) is 125 cm³/mol. The van der Waals surface area contributed by atoms with Gasteiger partial charge in [-0.25, -0.2) is 9.59 Å². The molecule has 8 nitrogen and oxygen atoms in total. The molecule has 33 heavy (non-hydrogen) atoms. The van der Waals surface area contributed by atoms with Crippen molar-refractivity contribution in [1.29, 1.82) is 0 Å². The minimum absolute atomic E-state index is 0.0438. The average molecular weight is 447 g/mol. The molecule has 3 N–H and O–H groups in total. The van der Waals surface area contributed by atoms with Crippen LogP contribution < -0.4 is 16.0 Å². The van der Waals surface area contributed by atoms with Crippen molar-refractivity contribution in [3.63, 3.8) is 0 Å². The average Bonchev–Trinajstić information content (AvgIpc) is 2.83. The first kappa shape index (κ1) is 23.3. The number of hydrogen-bond acceptors (Lipinski definition) is 5. The maximum atomic E-state index is 12.4. The Morgan fingerprint density at radius 1 is 0.727 bits per heavy atom. The molecule has 0 radical (unpaired) electrons. The van der Waals surface area contributed by atoms with Crippen LogP contribution in [-0.4, -0.2) is 37.3 Å². The number of benzene rings is 3. The summed E-state index contributed by atoms with van der Waals surface area (Å²) in [5.41, 5.74) is 1.98. The van der Waals surface area contributed by atoms with Crippen LogP contribution >= 0.6 is 0 Å². The zero-order valence-corrected chi connectivity index (χ0v) is 17.9. The van der Waals surface area contributed by atoms with Gasteiger partial charge >= 0.3 is 18.1 Å². The second-order valence-corrected chi connectivity index (χ2v) is 7.06. The quantitative estimate of drug-likeness (QED) is 0.426. The second-order valence-electron chi connectivity index (χ2n) is 7.06. The number of anilines is 2. The second kappa shape index (κ2) is 12.5. The molecule has 0 aliphatic carbocycles. The van der Waals surface area contributed by atoms with Crippen LogP contribution in [0.4, 0.5) is 21.0 Å². The van der Waals surface area contributed by atoms with E-state index in [9.17, 15) is 14.4 Å². The smallest absolute Gasteiger partial charge is 0.411 e. The van der Waals surface area contributed by atoms with Gasteiger partial charge in [0.15, 0.2) is 6.10 Å². The Balaban J connectivity index is 1.54. The van der Waals surface area contributed by atoms with Crippen LogP contribution in [0.25, 0.3) is 0 Å². The van der Waals surface area contributed by atoms with E-state index in [1.54, 1.807) is 48.5 Å². The maximum absolute atomic E-state index is 12.4. The molecule has 0 fully saturated rings. The number of hydrogen-bond donors (Lipinski definition) is 3. The molecule has 0 saturated carbocycles. The van der Waals surface area contributed by atoms with Crippen molar-refractivity contribution >= 4 is 29.5 Å². The molecular formula is C25H25N3O5. The van der Waals surface area contributed by atoms with E-state index >= 15 is 0 Å². The van der Waals surface area contributed by atoms with E-state index in [2.05, 4.69) is 16.0 Å². The molecule has 8 heteroatoms. The standard InChI is InChI=1S/C25H25N3O5/c29-23(16-19-10-4-1-5-11-19)33-22(17-26-24(30)27-20-12-6-2-7-13-20)18-32-25(31)28-21-14-8-3-9-15-21/h1-15,22H,16-18H2,(H,28,31)(H2,26,27,30). The summed E-state index contributed by atoms with van der Waals surface area (Å²) in [7, 11) is 0. The number of amides is 3. The third kappa shape index (κ3) is 8.74. The van der Waals surface area contributed by atoms with Gasteiger partial charge in [-0.2, -0.15) is 0 Å². The number of rotatable bonds is 9. The van der Waals surface area contributed by atoms with Crippen LogP contribution in [0.3, 0.4) is 0 Å². The minimum Gasteiger partial charge on any atom is -0.457 e. The van der Waals surface area contributed by atoms with Gasteiger partial charge in [-0.05, 0) is 29.8 Å². The zero-order chi connectivity index (χ0) is 23.3. The molecule has 0 spiro atoms. The van der Waals surface area contributed by atoms with Gasteiger partial charge in [0.1, 0.15) is 6.61 Å². The number of ether oxygens (including phenoxy) is 2. The summed E-state index contributed by atoms with van der Waals surface area (Å²) in [5.74, 6) is -0.497. The molecule has 1 unspecified atom stereocenters. The monoisotopic (exact) mass is 447 g/mol. The highest BCUT2D eigenvalue weighted by Gasteiger charge is 2.19. The fourth-order valence-corrected chi connectivity index (χ4v) is 2.87. The van der Waals surface area contributed by atoms with Gasteiger partial charge < -0.3 is 20.1 Å². The molecule has 3 amide bonds. The number of esters is 1. The lowest BCUT2D eigenvalue weighted by Gasteiger charge is -2.19. The molecule has 3 rings (SSSR count). The van der Waals surface area contributed by atoms with Crippen LogP contribution in [0, 0.1) is 0 Å². The van der Waals surface area contributed by atoms with E-state index in [0.29, 0.717) is 11.4 Å². The molecule has 0 bridgehead atoms. The Morgan fingerprint density at radius 2 is 1.27 bits per heavy atom. The van der Waals surface area contributed by atoms with E-state index in [0.717, 1.165) is 5.56 Å². The van der Waals surface area contributed by atoms with Gasteiger partial charge in [-0.1, -0.05) is 66.7 Å². The summed E-state index contributed by atoms with van der Waals surface area (Å²) in [5, 5.41) is 7.90. The first-order valence-corrected chi connectivity index (χ1v) is 10.4. The lowest BCUT2D eigenvalue weighted by Crippen LogP contribution is -2.40. The number of urea groups is 1. The molecule has 0 saturated heterocycles. The van der Waals surface area contributed by atoms with Crippen LogP contribution in [0.5, 0.6) is 0 Å². The van der Waals surface area contributed by atoms with Gasteiger partial charge in [0.25, 0.3) is 0 Å². The van der Waals surface area contributed by atoms with Crippen LogP contribution in [0.2, 0.25) is 0 Å². The van der Waals surface area contributed by atoms with Crippen molar-refractivity contribution in [2.45, 2.75) is 12.5 Å². The van der Waals surface area contributed by atoms with E-state index in [4.69, 9.17) is 9.47 Å². The predicted octanol–water partition coefficient (Wildman–Crippen LogP) is 4.21. The van der Waals surface area contributed by atoms with E-state index in [1.807, 2.05) is 42.5 Å². The minimum atomic E-state index is -0.871. The van der Waals surface area contributed by atoms with Crippen molar-refractivity contribution in [2.24, 2.45) is 0 Å². The van der Waals surface area contributed by atoms with Crippen LogP contribution in [0.15, 0.2) is 91.0 Å². The summed E-state index contributed by atoms with van der Waals surface area (Å²) in [6.45, 7) is -0.275. The third-order valence-electron chi connectivity index (χ3n) is 4.43. The summed E-state index contributed by atoms with van der Waals surface area (Å²) >= 11 is 0. The van der Waals surface area contributed by atoms with Crippen molar-refractivity contribution in [1.82, 2.24) is 5.32 Å². The Kier molecular flexibility index (Phi) is 8.84. The molecule has 0 aromatic heterocycles. The van der Waals surface area contributed by atoms with Gasteiger partial charge in [0.2, 0.25) is 0 Å². The Bertz CT molecular complexity index is 972. The lowest BCUT2D eigenvalue weighted by atomic mass is 10.1. The fourth-order valence-electron chi connectivity index (χ4n) is 2.87. The fraction of sp³-hybridized carbons (Fsp3) is 0.160. The highest BCUT2D eigenvalue weighted by Crippen LogP contribution is 2.08. The molecule has 3 aromatic carbocycles. The van der Waals surface area contributed by atoms with Gasteiger partial charge in [-0.15, -0.1) is 0 Å². The normalized spacial score (nSPS) is 11.0. The zero-order valence-electron chi connectivity index (χ0n) is 17.9. The Hall–Kier alpha value is -4.33. The Labute approximate surface area is 191 Å². The van der Waals surface area contributed by atoms with Gasteiger partial charge in [0, 0.05) is 11.4 Å². The molecule has 0 aliphatic heterocycles. The molecular weight excluding hydrogens is 422 g/mol. The first-order chi connectivity index (χ1) is 16.1. The molecule has 0 aliphatic rings. The SMILES string of the molecule is O=C(NCC(COC(=O)Nc1ccccc1)OC(=O)Cc1ccccc1)Nc1ccccc1. The Morgan fingerprint density at radius 3 is 1.88 bits per heavy atom. The topological polar surface area (TPSA) is 106 Å². The van der Waals surface area contributed by atoms with Gasteiger partial charge in [0.05, 0.1) is 13.0 Å². The van der Waals surface area contributed by atoms with Crippen molar-refractivity contribution in [3.8, 4) is 0 Å². The summed E-state index contributed by atoms with van der Waals surface area (Å²) in [6, 6.07) is 26.4. The van der Waals surface area contributed by atoms with Crippen molar-refractivity contribution in [3.05, 3.63) is 96.6 Å². The number of carbonyl (C=O) groups excluding carboxylic acids is 3. The largest absolute Gasteiger partial charge is 0.457 e. The summed E-state index contributed by atoms with van der Waals surface area (Å²) in [6.07, 6.45) is -1.51. The van der Waals surface area contributed by atoms with Crippen molar-refractivity contribution < 1.29 is 23.9 Å². The van der Waals surface area contributed by atoms with Gasteiger partial charge in [-0.3, -0.25) is 10.1 Å². The maximum Gasteiger partial charge on any atom is 0.411 e. The van der Waals surface area contributed by atoms with E-state index < -0.39 is 24.2 Å². The number of carbonyl (C=O) groups is 3. The first-order valence-electron chi connectivity index (χ1n) is 10.4. The summed E-state index contributed by atoms with van der Waals surface area (Å²) < 4.78 is 10.7. The van der Waals surface area contributed by atoms with Crippen LogP contribution in [0.1, 0.15) is 5.56 Å². The van der Waals surface area contributed by atoms with Crippen LogP contribution in [-0.2, 0) is 20.7 Å². The van der Waals surface area contributed by atoms with E-state index in [-0.39, 0.29) is 19.6 Å². The summed E-state index contributed by atoms with van der Waals surface area (Å²) in [4.78, 5) is 36.7. The lowest BCUT2D eigenvalue weighted by molar-refractivity contribution is -0.149. The highest BCUT2D eigenvalue weighted by molar-refractivity contribution is 5.89. The molecule has 1 atom stereocenters. The molecule has 0 heterocycles. The number of nitrogens with one attached hydrogen (secondary N) is 3. The third-order valence-corrected chi connectivity index (χ3v) is 4.43. The molecule has 3 aromatic rings. The van der Waals surface area contributed by atoms with Crippen molar-refractivity contribution in [2.75, 3.05) is 23.8 Å². The molecule has 170 valence electrons.